The van der Waals surface area contributed by atoms with E-state index < -0.39 is 5.97 Å². The van der Waals surface area contributed by atoms with Crippen molar-refractivity contribution in [1.29, 1.82) is 0 Å². The minimum atomic E-state index is -0.462. The summed E-state index contributed by atoms with van der Waals surface area (Å²) in [5.41, 5.74) is 0.675. The number of nitrogens with zero attached hydrogens (tertiary/aromatic N) is 2. The van der Waals surface area contributed by atoms with Gasteiger partial charge in [0.15, 0.2) is 6.61 Å². The van der Waals surface area contributed by atoms with Gasteiger partial charge in [0.05, 0.1) is 6.42 Å². The molecule has 2 amide bonds. The van der Waals surface area contributed by atoms with E-state index in [1.165, 1.54) is 0 Å². The molecule has 22 heavy (non-hydrogen) atoms. The normalized spacial score (nSPS) is 10.0. The van der Waals surface area contributed by atoms with Crippen LogP contribution in [-0.2, 0) is 16.1 Å². The predicted octanol–water partition coefficient (Wildman–Crippen LogP) is 1.63. The molecule has 0 aliphatic rings. The molecule has 1 aromatic carbocycles. The van der Waals surface area contributed by atoms with Crippen molar-refractivity contribution in [1.82, 2.24) is 15.5 Å². The summed E-state index contributed by atoms with van der Waals surface area (Å²) < 4.78 is 10.00. The Labute approximate surface area is 126 Å². The first-order chi connectivity index (χ1) is 10.6. The third-order valence-corrected chi connectivity index (χ3v) is 2.57. The molecule has 0 bridgehead atoms. The summed E-state index contributed by atoms with van der Waals surface area (Å²) in [6.45, 7) is 1.74. The fourth-order valence-corrected chi connectivity index (χ4v) is 1.59. The number of urea groups is 1. The molecule has 0 saturated carbocycles. The van der Waals surface area contributed by atoms with Crippen molar-refractivity contribution in [2.45, 2.75) is 20.0 Å². The first-order valence-electron chi connectivity index (χ1n) is 6.68. The number of carbonyl (C=O) groups excluding carboxylic acids is 2. The molecule has 0 aliphatic carbocycles. The standard InChI is InChI=1S/C14H16N4O4/c1-10-17-18-12(22-10)9-21-13(19)7-8-15-14(20)16-11-5-3-2-4-6-11/h2-6H,7-9H2,1H3,(H2,15,16,20). The lowest BCUT2D eigenvalue weighted by atomic mass is 10.3. The summed E-state index contributed by atoms with van der Waals surface area (Å²) in [6, 6.07) is 8.62. The topological polar surface area (TPSA) is 106 Å². The van der Waals surface area contributed by atoms with Crippen LogP contribution in [-0.4, -0.2) is 28.7 Å². The van der Waals surface area contributed by atoms with Crippen LogP contribution in [0, 0.1) is 6.92 Å². The van der Waals surface area contributed by atoms with Crippen molar-refractivity contribution in [2.75, 3.05) is 11.9 Å². The fraction of sp³-hybridized carbons (Fsp3) is 0.286. The van der Waals surface area contributed by atoms with E-state index in [0.717, 1.165) is 0 Å². The maximum absolute atomic E-state index is 11.6. The molecule has 0 unspecified atom stereocenters. The second-order valence-corrected chi connectivity index (χ2v) is 4.37. The van der Waals surface area contributed by atoms with E-state index in [2.05, 4.69) is 20.8 Å². The Hall–Kier alpha value is -2.90. The van der Waals surface area contributed by atoms with Crippen LogP contribution in [0.1, 0.15) is 18.2 Å². The van der Waals surface area contributed by atoms with E-state index in [9.17, 15) is 9.59 Å². The smallest absolute Gasteiger partial charge is 0.319 e. The first kappa shape index (κ1) is 15.5. The van der Waals surface area contributed by atoms with Gasteiger partial charge in [-0.25, -0.2) is 4.79 Å². The summed E-state index contributed by atoms with van der Waals surface area (Å²) in [6.07, 6.45) is 0.0509. The van der Waals surface area contributed by atoms with E-state index >= 15 is 0 Å². The largest absolute Gasteiger partial charge is 0.456 e. The molecule has 0 aliphatic heterocycles. The number of rotatable bonds is 6. The van der Waals surface area contributed by atoms with Crippen molar-refractivity contribution in [3.8, 4) is 0 Å². The summed E-state index contributed by atoms with van der Waals surface area (Å²) >= 11 is 0. The summed E-state index contributed by atoms with van der Waals surface area (Å²) in [7, 11) is 0. The lowest BCUT2D eigenvalue weighted by molar-refractivity contribution is -0.145. The van der Waals surface area contributed by atoms with Crippen LogP contribution in [0.25, 0.3) is 0 Å². The van der Waals surface area contributed by atoms with Gasteiger partial charge in [0.25, 0.3) is 5.89 Å². The Morgan fingerprint density at radius 2 is 2.00 bits per heavy atom. The molecule has 2 N–H and O–H groups in total. The lowest BCUT2D eigenvalue weighted by Gasteiger charge is -2.07. The molecule has 0 saturated heterocycles. The van der Waals surface area contributed by atoms with Crippen LogP contribution >= 0.6 is 0 Å². The molecule has 8 nitrogen and oxygen atoms in total. The van der Waals surface area contributed by atoms with Gasteiger partial charge in [-0.1, -0.05) is 18.2 Å². The van der Waals surface area contributed by atoms with Crippen LogP contribution in [0.3, 0.4) is 0 Å². The first-order valence-corrected chi connectivity index (χ1v) is 6.68. The van der Waals surface area contributed by atoms with Crippen LogP contribution in [0.15, 0.2) is 34.7 Å². The number of para-hydroxylation sites is 1. The van der Waals surface area contributed by atoms with Crippen LogP contribution < -0.4 is 10.6 Å². The average Bonchev–Trinajstić information content (AvgIpc) is 2.92. The van der Waals surface area contributed by atoms with Crippen molar-refractivity contribution >= 4 is 17.7 Å². The van der Waals surface area contributed by atoms with E-state index in [0.29, 0.717) is 11.6 Å². The van der Waals surface area contributed by atoms with Gasteiger partial charge in [-0.2, -0.15) is 0 Å². The summed E-state index contributed by atoms with van der Waals surface area (Å²) in [5, 5.41) is 12.5. The Morgan fingerprint density at radius 3 is 2.68 bits per heavy atom. The van der Waals surface area contributed by atoms with Gasteiger partial charge in [-0.15, -0.1) is 10.2 Å². The number of nitrogens with one attached hydrogen (secondary N) is 2. The monoisotopic (exact) mass is 304 g/mol. The summed E-state index contributed by atoms with van der Waals surface area (Å²) in [5.74, 6) is 0.182. The van der Waals surface area contributed by atoms with Crippen molar-refractivity contribution in [3.63, 3.8) is 0 Å². The second-order valence-electron chi connectivity index (χ2n) is 4.37. The van der Waals surface area contributed by atoms with Gasteiger partial charge in [0.1, 0.15) is 0 Å². The Bertz CT molecular complexity index is 627. The number of hydrogen-bond acceptors (Lipinski definition) is 6. The zero-order valence-corrected chi connectivity index (χ0v) is 12.0. The Kier molecular flexibility index (Phi) is 5.47. The number of aromatic nitrogens is 2. The highest BCUT2D eigenvalue weighted by Gasteiger charge is 2.08. The minimum absolute atomic E-state index is 0.0509. The number of carbonyl (C=O) groups is 2. The zero-order chi connectivity index (χ0) is 15.8. The third-order valence-electron chi connectivity index (χ3n) is 2.57. The molecule has 2 aromatic rings. The number of amides is 2. The van der Waals surface area contributed by atoms with Gasteiger partial charge < -0.3 is 19.8 Å². The van der Waals surface area contributed by atoms with Gasteiger partial charge >= 0.3 is 12.0 Å². The van der Waals surface area contributed by atoms with Crippen LogP contribution in [0.5, 0.6) is 0 Å². The second kappa shape index (κ2) is 7.77. The molecule has 8 heteroatoms. The predicted molar refractivity (Wildman–Crippen MR) is 76.9 cm³/mol. The number of hydrogen-bond donors (Lipinski definition) is 2. The Balaban J connectivity index is 1.61. The minimum Gasteiger partial charge on any atom is -0.456 e. The highest BCUT2D eigenvalue weighted by molar-refractivity contribution is 5.89. The molecule has 1 aromatic heterocycles. The van der Waals surface area contributed by atoms with Crippen molar-refractivity contribution in [2.24, 2.45) is 0 Å². The zero-order valence-electron chi connectivity index (χ0n) is 12.0. The molecule has 0 atom stereocenters. The van der Waals surface area contributed by atoms with Gasteiger partial charge in [0, 0.05) is 19.2 Å². The molecular formula is C14H16N4O4. The number of anilines is 1. The van der Waals surface area contributed by atoms with Crippen molar-refractivity contribution < 1.29 is 18.7 Å². The highest BCUT2D eigenvalue weighted by Crippen LogP contribution is 2.04. The fourth-order valence-electron chi connectivity index (χ4n) is 1.59. The highest BCUT2D eigenvalue weighted by atomic mass is 16.5. The Morgan fingerprint density at radius 1 is 1.23 bits per heavy atom. The number of benzene rings is 1. The molecule has 0 radical (unpaired) electrons. The number of ether oxygens (including phenoxy) is 1. The average molecular weight is 304 g/mol. The quantitative estimate of drug-likeness (QED) is 0.786. The number of aryl methyl sites for hydroxylation is 1. The summed E-state index contributed by atoms with van der Waals surface area (Å²) in [4.78, 5) is 23.0. The van der Waals surface area contributed by atoms with Crippen molar-refractivity contribution in [3.05, 3.63) is 42.1 Å². The lowest BCUT2D eigenvalue weighted by Crippen LogP contribution is -2.30. The molecule has 1 heterocycles. The van der Waals surface area contributed by atoms with E-state index in [4.69, 9.17) is 9.15 Å². The maximum atomic E-state index is 11.6. The third kappa shape index (κ3) is 5.23. The number of esters is 1. The SMILES string of the molecule is Cc1nnc(COC(=O)CCNC(=O)Nc2ccccc2)o1. The van der Waals surface area contributed by atoms with Gasteiger partial charge in [-0.05, 0) is 12.1 Å². The molecule has 0 fully saturated rings. The van der Waals surface area contributed by atoms with Gasteiger partial charge in [-0.3, -0.25) is 4.79 Å². The van der Waals surface area contributed by atoms with Gasteiger partial charge in [0.2, 0.25) is 5.89 Å². The van der Waals surface area contributed by atoms with E-state index in [1.807, 2.05) is 18.2 Å². The van der Waals surface area contributed by atoms with E-state index in [-0.39, 0.29) is 31.5 Å². The molecule has 2 rings (SSSR count). The van der Waals surface area contributed by atoms with E-state index in [1.54, 1.807) is 19.1 Å². The molecule has 0 spiro atoms. The molecular weight excluding hydrogens is 288 g/mol. The van der Waals surface area contributed by atoms with Crippen LogP contribution in [0.4, 0.5) is 10.5 Å². The van der Waals surface area contributed by atoms with Crippen LogP contribution in [0.2, 0.25) is 0 Å². The molecule has 116 valence electrons. The maximum Gasteiger partial charge on any atom is 0.319 e.